The van der Waals surface area contributed by atoms with Crippen LogP contribution in [0.5, 0.6) is 0 Å². The quantitative estimate of drug-likeness (QED) is 0.474. The predicted octanol–water partition coefficient (Wildman–Crippen LogP) is 6.16. The number of hydrogen-bond acceptors (Lipinski definition) is 2. The van der Waals surface area contributed by atoms with E-state index in [1.807, 2.05) is 0 Å². The van der Waals surface area contributed by atoms with E-state index in [4.69, 9.17) is 4.74 Å². The molecular weight excluding hydrogens is 308 g/mol. The van der Waals surface area contributed by atoms with Crippen molar-refractivity contribution in [2.75, 3.05) is 0 Å². The van der Waals surface area contributed by atoms with Gasteiger partial charge in [0.15, 0.2) is 0 Å². The maximum atomic E-state index is 12.7. The number of hydrogen-bond donors (Lipinski definition) is 0. The molecule has 2 saturated carbocycles. The van der Waals surface area contributed by atoms with Crippen molar-refractivity contribution in [1.82, 2.24) is 0 Å². The fourth-order valence-corrected chi connectivity index (χ4v) is 5.03. The maximum absolute atomic E-state index is 12.7. The van der Waals surface area contributed by atoms with E-state index in [9.17, 15) is 4.79 Å². The zero-order valence-corrected chi connectivity index (χ0v) is 15.6. The van der Waals surface area contributed by atoms with Crippen molar-refractivity contribution in [3.63, 3.8) is 0 Å². The third-order valence-electron chi connectivity index (χ3n) is 6.26. The number of rotatable bonds is 5. The monoisotopic (exact) mass is 340 g/mol. The molecule has 0 amide bonds. The van der Waals surface area contributed by atoms with Gasteiger partial charge in [-0.05, 0) is 38.2 Å². The van der Waals surface area contributed by atoms with Crippen LogP contribution in [0.4, 0.5) is 0 Å². The van der Waals surface area contributed by atoms with Crippen molar-refractivity contribution in [3.05, 3.63) is 48.0 Å². The van der Waals surface area contributed by atoms with Gasteiger partial charge in [-0.2, -0.15) is 0 Å². The van der Waals surface area contributed by atoms with E-state index in [0.29, 0.717) is 17.4 Å². The van der Waals surface area contributed by atoms with Crippen LogP contribution in [0.1, 0.15) is 76.7 Å². The lowest BCUT2D eigenvalue weighted by Crippen LogP contribution is -2.48. The Labute approximate surface area is 152 Å². The molecule has 2 nitrogen and oxygen atoms in total. The van der Waals surface area contributed by atoms with Gasteiger partial charge in [-0.15, -0.1) is 0 Å². The maximum Gasteiger partial charge on any atom is 0.334 e. The Kier molecular flexibility index (Phi) is 5.98. The second-order valence-corrected chi connectivity index (χ2v) is 8.00. The van der Waals surface area contributed by atoms with Gasteiger partial charge in [-0.25, -0.2) is 4.79 Å². The van der Waals surface area contributed by atoms with Gasteiger partial charge in [-0.3, -0.25) is 0 Å². The minimum atomic E-state index is -0.474. The van der Waals surface area contributed by atoms with Crippen molar-refractivity contribution in [2.24, 2.45) is 11.8 Å². The Morgan fingerprint density at radius 3 is 1.84 bits per heavy atom. The molecule has 136 valence electrons. The second-order valence-electron chi connectivity index (χ2n) is 8.00. The molecule has 0 bridgehead atoms. The Hall–Kier alpha value is -1.57. The van der Waals surface area contributed by atoms with Crippen molar-refractivity contribution in [1.29, 1.82) is 0 Å². The smallest absolute Gasteiger partial charge is 0.334 e. The van der Waals surface area contributed by atoms with Gasteiger partial charge < -0.3 is 4.74 Å². The van der Waals surface area contributed by atoms with Crippen LogP contribution < -0.4 is 0 Å². The highest BCUT2D eigenvalue weighted by molar-refractivity contribution is 5.87. The molecule has 25 heavy (non-hydrogen) atoms. The molecule has 1 aromatic carbocycles. The summed E-state index contributed by atoms with van der Waals surface area (Å²) in [6.45, 7) is 5.61. The first-order valence-electron chi connectivity index (χ1n) is 10.1. The van der Waals surface area contributed by atoms with Gasteiger partial charge in [0.05, 0.1) is 0 Å². The van der Waals surface area contributed by atoms with E-state index in [1.54, 1.807) is 6.92 Å². The van der Waals surface area contributed by atoms with Crippen LogP contribution >= 0.6 is 0 Å². The van der Waals surface area contributed by atoms with Gasteiger partial charge >= 0.3 is 5.97 Å². The first-order chi connectivity index (χ1) is 12.1. The lowest BCUT2D eigenvalue weighted by atomic mass is 9.63. The zero-order chi connectivity index (χ0) is 17.7. The molecule has 2 aliphatic carbocycles. The zero-order valence-electron chi connectivity index (χ0n) is 15.6. The molecule has 0 spiro atoms. The molecule has 2 fully saturated rings. The summed E-state index contributed by atoms with van der Waals surface area (Å²) >= 11 is 0. The summed E-state index contributed by atoms with van der Waals surface area (Å²) in [7, 11) is 0. The van der Waals surface area contributed by atoms with Crippen LogP contribution in [0.3, 0.4) is 0 Å². The molecule has 0 atom stereocenters. The fourth-order valence-electron chi connectivity index (χ4n) is 5.03. The molecule has 1 aromatic rings. The van der Waals surface area contributed by atoms with Crippen molar-refractivity contribution in [3.8, 4) is 0 Å². The van der Waals surface area contributed by atoms with Gasteiger partial charge in [0.2, 0.25) is 0 Å². The van der Waals surface area contributed by atoms with E-state index in [1.165, 1.54) is 44.1 Å². The first-order valence-corrected chi connectivity index (χ1v) is 10.1. The standard InChI is InChI=1S/C23H32O2/c1-18(2)22(24)25-23(19-12-6-3-7-13-19,20-14-8-4-9-15-20)21-16-10-5-11-17-21/h3,6-7,12-13,20-21H,1,4-5,8-11,14-17H2,2H3. The molecule has 2 aliphatic rings. The van der Waals surface area contributed by atoms with Crippen LogP contribution in [0.25, 0.3) is 0 Å². The average Bonchev–Trinajstić information content (AvgIpc) is 2.68. The van der Waals surface area contributed by atoms with Gasteiger partial charge in [0, 0.05) is 17.4 Å². The summed E-state index contributed by atoms with van der Waals surface area (Å²) in [5.41, 5.74) is 1.23. The lowest BCUT2D eigenvalue weighted by molar-refractivity contribution is -0.179. The van der Waals surface area contributed by atoms with Crippen LogP contribution in [0.15, 0.2) is 42.5 Å². The molecule has 0 unspecified atom stereocenters. The summed E-state index contributed by atoms with van der Waals surface area (Å²) in [6.07, 6.45) is 12.2. The summed E-state index contributed by atoms with van der Waals surface area (Å²) < 4.78 is 6.43. The molecule has 0 saturated heterocycles. The summed E-state index contributed by atoms with van der Waals surface area (Å²) in [5, 5.41) is 0. The fraction of sp³-hybridized carbons (Fsp3) is 0.609. The molecular formula is C23H32O2. The first kappa shape index (κ1) is 18.2. The van der Waals surface area contributed by atoms with Crippen molar-refractivity contribution in [2.45, 2.75) is 76.7 Å². The number of esters is 1. The number of carbonyl (C=O) groups is 1. The van der Waals surface area contributed by atoms with Gasteiger partial charge in [0.25, 0.3) is 0 Å². The highest BCUT2D eigenvalue weighted by Gasteiger charge is 2.50. The van der Waals surface area contributed by atoms with Crippen LogP contribution in [-0.2, 0) is 15.1 Å². The second kappa shape index (κ2) is 8.21. The Balaban J connectivity index is 2.07. The van der Waals surface area contributed by atoms with Gasteiger partial charge in [-0.1, -0.05) is 75.4 Å². The van der Waals surface area contributed by atoms with E-state index in [0.717, 1.165) is 25.7 Å². The molecule has 0 N–H and O–H groups in total. The Morgan fingerprint density at radius 1 is 0.920 bits per heavy atom. The summed E-state index contributed by atoms with van der Waals surface area (Å²) in [4.78, 5) is 12.7. The summed E-state index contributed by atoms with van der Waals surface area (Å²) in [5.74, 6) is 0.630. The third-order valence-corrected chi connectivity index (χ3v) is 6.26. The molecule has 0 radical (unpaired) electrons. The van der Waals surface area contributed by atoms with E-state index < -0.39 is 5.60 Å². The molecule has 3 rings (SSSR count). The average molecular weight is 341 g/mol. The lowest BCUT2D eigenvalue weighted by Gasteiger charge is -2.48. The molecule has 2 heteroatoms. The van der Waals surface area contributed by atoms with Gasteiger partial charge in [0.1, 0.15) is 5.60 Å². The van der Waals surface area contributed by atoms with Crippen molar-refractivity contribution >= 4 is 5.97 Å². The van der Waals surface area contributed by atoms with E-state index in [-0.39, 0.29) is 5.97 Å². The highest BCUT2D eigenvalue weighted by Crippen LogP contribution is 2.51. The molecule has 0 heterocycles. The third kappa shape index (κ3) is 3.83. The molecule has 0 aliphatic heterocycles. The van der Waals surface area contributed by atoms with Crippen LogP contribution in [-0.4, -0.2) is 5.97 Å². The predicted molar refractivity (Wildman–Crippen MR) is 102 cm³/mol. The van der Waals surface area contributed by atoms with E-state index >= 15 is 0 Å². The Morgan fingerprint density at radius 2 is 1.40 bits per heavy atom. The highest BCUT2D eigenvalue weighted by atomic mass is 16.6. The normalized spacial score (nSPS) is 20.2. The van der Waals surface area contributed by atoms with E-state index in [2.05, 4.69) is 36.9 Å². The minimum Gasteiger partial charge on any atom is -0.450 e. The number of carbonyl (C=O) groups excluding carboxylic acids is 1. The number of ether oxygens (including phenoxy) is 1. The minimum absolute atomic E-state index is 0.222. The molecule has 0 aromatic heterocycles. The Bertz CT molecular complexity index is 559. The van der Waals surface area contributed by atoms with Crippen LogP contribution in [0, 0.1) is 11.8 Å². The largest absolute Gasteiger partial charge is 0.450 e. The van der Waals surface area contributed by atoms with Crippen LogP contribution in [0.2, 0.25) is 0 Å². The number of benzene rings is 1. The van der Waals surface area contributed by atoms with Crippen molar-refractivity contribution < 1.29 is 9.53 Å². The SMILES string of the molecule is C=C(C)C(=O)OC(c1ccccc1)(C1CCCCC1)C1CCCCC1. The topological polar surface area (TPSA) is 26.3 Å². The summed E-state index contributed by atoms with van der Waals surface area (Å²) in [6, 6.07) is 10.6.